The molecular weight excluding hydrogens is 253 g/mol. The first-order valence-corrected chi connectivity index (χ1v) is 5.59. The van der Waals surface area contributed by atoms with Gasteiger partial charge in [0.15, 0.2) is 5.69 Å². The summed E-state index contributed by atoms with van der Waals surface area (Å²) in [5, 5.41) is 9.77. The minimum absolute atomic E-state index is 0.0501. The normalized spacial score (nSPS) is 10.3. The van der Waals surface area contributed by atoms with Gasteiger partial charge in [0.1, 0.15) is 17.3 Å². The van der Waals surface area contributed by atoms with Gasteiger partial charge in [-0.25, -0.2) is 9.18 Å². The van der Waals surface area contributed by atoms with Crippen molar-refractivity contribution < 1.29 is 18.7 Å². The molecule has 1 aromatic carbocycles. The van der Waals surface area contributed by atoms with E-state index in [1.54, 1.807) is 13.0 Å². The Hall–Kier alpha value is -2.44. The molecule has 0 atom stereocenters. The van der Waals surface area contributed by atoms with Gasteiger partial charge in [-0.15, -0.1) is 5.10 Å². The lowest BCUT2D eigenvalue weighted by atomic mass is 10.1. The van der Waals surface area contributed by atoms with Crippen LogP contribution in [0.4, 0.5) is 4.39 Å². The van der Waals surface area contributed by atoms with Gasteiger partial charge in [0.05, 0.1) is 13.7 Å². The molecule has 100 valence electrons. The SMILES string of the molecule is CCOC(=O)c1n[nH]nc1-c1ccc(OC)cc1F. The lowest BCUT2D eigenvalue weighted by Crippen LogP contribution is -2.07. The number of rotatable bonds is 4. The molecule has 1 heterocycles. The van der Waals surface area contributed by atoms with E-state index in [0.717, 1.165) is 0 Å². The van der Waals surface area contributed by atoms with Crippen LogP contribution in [0.2, 0.25) is 0 Å². The topological polar surface area (TPSA) is 77.1 Å². The lowest BCUT2D eigenvalue weighted by Gasteiger charge is -2.04. The summed E-state index contributed by atoms with van der Waals surface area (Å²) in [6.45, 7) is 1.88. The summed E-state index contributed by atoms with van der Waals surface area (Å²) >= 11 is 0. The van der Waals surface area contributed by atoms with E-state index in [-0.39, 0.29) is 23.6 Å². The standard InChI is InChI=1S/C12H12FN3O3/c1-3-19-12(17)11-10(14-16-15-11)8-5-4-7(18-2)6-9(8)13/h4-6H,3H2,1-2H3,(H,14,15,16). The van der Waals surface area contributed by atoms with Gasteiger partial charge >= 0.3 is 5.97 Å². The van der Waals surface area contributed by atoms with Crippen LogP contribution in [0, 0.1) is 5.82 Å². The molecule has 0 aliphatic carbocycles. The van der Waals surface area contributed by atoms with Crippen molar-refractivity contribution in [3.05, 3.63) is 29.7 Å². The zero-order chi connectivity index (χ0) is 13.8. The fourth-order valence-electron chi connectivity index (χ4n) is 1.58. The van der Waals surface area contributed by atoms with Gasteiger partial charge in [0.25, 0.3) is 0 Å². The van der Waals surface area contributed by atoms with Crippen molar-refractivity contribution in [2.75, 3.05) is 13.7 Å². The minimum atomic E-state index is -0.651. The second kappa shape index (κ2) is 5.47. The predicted molar refractivity (Wildman–Crippen MR) is 64.3 cm³/mol. The molecule has 2 rings (SSSR count). The van der Waals surface area contributed by atoms with Gasteiger partial charge in [0, 0.05) is 11.6 Å². The van der Waals surface area contributed by atoms with Gasteiger partial charge in [-0.05, 0) is 19.1 Å². The number of hydrogen-bond donors (Lipinski definition) is 1. The molecule has 0 amide bonds. The minimum Gasteiger partial charge on any atom is -0.497 e. The average Bonchev–Trinajstić information content (AvgIpc) is 2.88. The maximum Gasteiger partial charge on any atom is 0.361 e. The van der Waals surface area contributed by atoms with Crippen LogP contribution in [0.5, 0.6) is 5.75 Å². The van der Waals surface area contributed by atoms with Crippen molar-refractivity contribution >= 4 is 5.97 Å². The zero-order valence-electron chi connectivity index (χ0n) is 10.4. The molecule has 0 spiro atoms. The van der Waals surface area contributed by atoms with Crippen LogP contribution < -0.4 is 4.74 Å². The van der Waals surface area contributed by atoms with Crippen molar-refractivity contribution in [2.45, 2.75) is 6.92 Å². The Kier molecular flexibility index (Phi) is 3.74. The Bertz CT molecular complexity index is 598. The number of hydrogen-bond acceptors (Lipinski definition) is 5. The third-order valence-electron chi connectivity index (χ3n) is 2.45. The van der Waals surface area contributed by atoms with Crippen molar-refractivity contribution in [2.24, 2.45) is 0 Å². The molecular formula is C12H12FN3O3. The van der Waals surface area contributed by atoms with Crippen LogP contribution in [0.15, 0.2) is 18.2 Å². The Morgan fingerprint density at radius 1 is 1.42 bits per heavy atom. The molecule has 6 nitrogen and oxygen atoms in total. The Balaban J connectivity index is 2.42. The van der Waals surface area contributed by atoms with E-state index < -0.39 is 11.8 Å². The van der Waals surface area contributed by atoms with Crippen LogP contribution in [0.3, 0.4) is 0 Å². The molecule has 2 aromatic rings. The number of H-pyrrole nitrogens is 1. The summed E-state index contributed by atoms with van der Waals surface area (Å²) in [5.74, 6) is -0.831. The number of nitrogens with zero attached hydrogens (tertiary/aromatic N) is 2. The number of esters is 1. The van der Waals surface area contributed by atoms with E-state index >= 15 is 0 Å². The Morgan fingerprint density at radius 2 is 2.21 bits per heavy atom. The van der Waals surface area contributed by atoms with E-state index in [9.17, 15) is 9.18 Å². The van der Waals surface area contributed by atoms with Gasteiger partial charge in [0.2, 0.25) is 0 Å². The molecule has 0 saturated carbocycles. The number of halogens is 1. The van der Waals surface area contributed by atoms with Crippen molar-refractivity contribution in [3.8, 4) is 17.0 Å². The summed E-state index contributed by atoms with van der Waals surface area (Å²) in [5.41, 5.74) is 0.210. The number of carbonyl (C=O) groups is 1. The first kappa shape index (κ1) is 13.0. The summed E-state index contributed by atoms with van der Waals surface area (Å²) in [4.78, 5) is 11.6. The van der Waals surface area contributed by atoms with Crippen LogP contribution in [-0.4, -0.2) is 35.1 Å². The van der Waals surface area contributed by atoms with Crippen molar-refractivity contribution in [1.29, 1.82) is 0 Å². The van der Waals surface area contributed by atoms with Gasteiger partial charge in [-0.1, -0.05) is 0 Å². The molecule has 0 unspecified atom stereocenters. The highest BCUT2D eigenvalue weighted by Gasteiger charge is 2.21. The van der Waals surface area contributed by atoms with Crippen LogP contribution in [-0.2, 0) is 4.74 Å². The average molecular weight is 265 g/mol. The third kappa shape index (κ3) is 2.54. The number of carbonyl (C=O) groups excluding carboxylic acids is 1. The number of methoxy groups -OCH3 is 1. The quantitative estimate of drug-likeness (QED) is 0.853. The summed E-state index contributed by atoms with van der Waals surface area (Å²) in [7, 11) is 1.44. The van der Waals surface area contributed by atoms with Crippen molar-refractivity contribution in [1.82, 2.24) is 15.4 Å². The molecule has 0 saturated heterocycles. The molecule has 1 N–H and O–H groups in total. The molecule has 7 heteroatoms. The summed E-state index contributed by atoms with van der Waals surface area (Å²) in [6.07, 6.45) is 0. The smallest absolute Gasteiger partial charge is 0.361 e. The largest absolute Gasteiger partial charge is 0.497 e. The molecule has 0 aliphatic rings. The number of ether oxygens (including phenoxy) is 2. The van der Waals surface area contributed by atoms with Crippen molar-refractivity contribution in [3.63, 3.8) is 0 Å². The molecule has 0 bridgehead atoms. The maximum absolute atomic E-state index is 13.9. The van der Waals surface area contributed by atoms with Gasteiger partial charge < -0.3 is 9.47 Å². The third-order valence-corrected chi connectivity index (χ3v) is 2.45. The van der Waals surface area contributed by atoms with E-state index in [1.165, 1.54) is 19.2 Å². The second-order valence-electron chi connectivity index (χ2n) is 3.59. The highest BCUT2D eigenvalue weighted by molar-refractivity contribution is 5.93. The molecule has 0 aliphatic heterocycles. The highest BCUT2D eigenvalue weighted by Crippen LogP contribution is 2.26. The zero-order valence-corrected chi connectivity index (χ0v) is 10.4. The number of aromatic nitrogens is 3. The summed E-state index contributed by atoms with van der Waals surface area (Å²) < 4.78 is 23.6. The number of aromatic amines is 1. The van der Waals surface area contributed by atoms with Gasteiger partial charge in [-0.3, -0.25) is 0 Å². The fraction of sp³-hybridized carbons (Fsp3) is 0.250. The number of benzene rings is 1. The molecule has 0 fully saturated rings. The van der Waals surface area contributed by atoms with Crippen LogP contribution >= 0.6 is 0 Å². The van der Waals surface area contributed by atoms with E-state index in [4.69, 9.17) is 9.47 Å². The Morgan fingerprint density at radius 3 is 2.84 bits per heavy atom. The Labute approximate surface area is 108 Å². The fourth-order valence-corrected chi connectivity index (χ4v) is 1.58. The first-order valence-electron chi connectivity index (χ1n) is 5.59. The lowest BCUT2D eigenvalue weighted by molar-refractivity contribution is 0.0520. The monoisotopic (exact) mass is 265 g/mol. The molecule has 1 aromatic heterocycles. The van der Waals surface area contributed by atoms with Gasteiger partial charge in [-0.2, -0.15) is 10.3 Å². The van der Waals surface area contributed by atoms with Crippen LogP contribution in [0.1, 0.15) is 17.4 Å². The summed E-state index contributed by atoms with van der Waals surface area (Å²) in [6, 6.07) is 4.25. The van der Waals surface area contributed by atoms with E-state index in [2.05, 4.69) is 15.4 Å². The predicted octanol–water partition coefficient (Wildman–Crippen LogP) is 1.80. The van der Waals surface area contributed by atoms with E-state index in [0.29, 0.717) is 5.75 Å². The first-order chi connectivity index (χ1) is 9.17. The molecule has 0 radical (unpaired) electrons. The second-order valence-corrected chi connectivity index (χ2v) is 3.59. The highest BCUT2D eigenvalue weighted by atomic mass is 19.1. The van der Waals surface area contributed by atoms with Crippen LogP contribution in [0.25, 0.3) is 11.3 Å². The van der Waals surface area contributed by atoms with E-state index in [1.807, 2.05) is 0 Å². The molecule has 19 heavy (non-hydrogen) atoms. The maximum atomic E-state index is 13.9. The number of nitrogens with one attached hydrogen (secondary N) is 1.